The van der Waals surface area contributed by atoms with Crippen LogP contribution in [0.25, 0.3) is 0 Å². The molecule has 3 N–H and O–H groups in total. The highest BCUT2D eigenvalue weighted by Crippen LogP contribution is 2.21. The molecule has 1 aromatic rings. The van der Waals surface area contributed by atoms with Gasteiger partial charge in [0.15, 0.2) is 0 Å². The molecule has 0 radical (unpaired) electrons. The van der Waals surface area contributed by atoms with Crippen LogP contribution in [0.15, 0.2) is 10.7 Å². The standard InChI is InChI=1S/C9H15BrN4O/c1-9(2,11)5-13-8-12-4-6(10)7(14-8)15-3/h4H,5,11H2,1-3H3,(H,12,13,14). The van der Waals surface area contributed by atoms with Crippen LogP contribution >= 0.6 is 15.9 Å². The maximum Gasteiger partial charge on any atom is 0.232 e. The van der Waals surface area contributed by atoms with Gasteiger partial charge in [-0.05, 0) is 29.8 Å². The predicted molar refractivity (Wildman–Crippen MR) is 63.0 cm³/mol. The third-order valence-corrected chi connectivity index (χ3v) is 2.15. The number of ether oxygens (including phenoxy) is 1. The number of anilines is 1. The minimum Gasteiger partial charge on any atom is -0.480 e. The molecule has 0 aliphatic heterocycles. The Kier molecular flexibility index (Phi) is 3.87. The molecule has 0 aliphatic rings. The van der Waals surface area contributed by atoms with Gasteiger partial charge in [-0.2, -0.15) is 4.98 Å². The zero-order chi connectivity index (χ0) is 11.5. The summed E-state index contributed by atoms with van der Waals surface area (Å²) in [6.07, 6.45) is 1.64. The molecule has 0 saturated carbocycles. The Hall–Kier alpha value is -0.880. The van der Waals surface area contributed by atoms with Gasteiger partial charge in [0.2, 0.25) is 11.8 Å². The molecule has 0 atom stereocenters. The van der Waals surface area contributed by atoms with Gasteiger partial charge in [-0.3, -0.25) is 0 Å². The van der Waals surface area contributed by atoms with Crippen molar-refractivity contribution in [2.75, 3.05) is 19.0 Å². The Morgan fingerprint density at radius 1 is 1.60 bits per heavy atom. The molecule has 1 aromatic heterocycles. The molecule has 0 amide bonds. The summed E-state index contributed by atoms with van der Waals surface area (Å²) in [6, 6.07) is 0. The molecule has 0 unspecified atom stereocenters. The molecule has 84 valence electrons. The van der Waals surface area contributed by atoms with E-state index in [1.54, 1.807) is 13.3 Å². The fraction of sp³-hybridized carbons (Fsp3) is 0.556. The summed E-state index contributed by atoms with van der Waals surface area (Å²) < 4.78 is 5.77. The number of rotatable bonds is 4. The third kappa shape index (κ3) is 4.01. The normalized spacial score (nSPS) is 11.3. The molecule has 0 aliphatic carbocycles. The van der Waals surface area contributed by atoms with Crippen LogP contribution in [0, 0.1) is 0 Å². The van der Waals surface area contributed by atoms with Crippen molar-refractivity contribution in [2.24, 2.45) is 5.73 Å². The van der Waals surface area contributed by atoms with E-state index in [1.165, 1.54) is 0 Å². The van der Waals surface area contributed by atoms with Gasteiger partial charge in [0.1, 0.15) is 0 Å². The highest BCUT2D eigenvalue weighted by Gasteiger charge is 2.11. The third-order valence-electron chi connectivity index (χ3n) is 1.61. The number of methoxy groups -OCH3 is 1. The summed E-state index contributed by atoms with van der Waals surface area (Å²) in [7, 11) is 1.56. The minimum absolute atomic E-state index is 0.302. The van der Waals surface area contributed by atoms with Gasteiger partial charge in [0, 0.05) is 12.1 Å². The van der Waals surface area contributed by atoms with Crippen molar-refractivity contribution >= 4 is 21.9 Å². The van der Waals surface area contributed by atoms with Gasteiger partial charge in [-0.15, -0.1) is 0 Å². The second kappa shape index (κ2) is 4.76. The van der Waals surface area contributed by atoms with Gasteiger partial charge in [0.25, 0.3) is 0 Å². The van der Waals surface area contributed by atoms with E-state index >= 15 is 0 Å². The molecule has 6 heteroatoms. The first kappa shape index (κ1) is 12.2. The largest absolute Gasteiger partial charge is 0.480 e. The molecule has 0 aromatic carbocycles. The topological polar surface area (TPSA) is 73.1 Å². The van der Waals surface area contributed by atoms with Crippen molar-refractivity contribution in [1.29, 1.82) is 0 Å². The minimum atomic E-state index is -0.302. The Morgan fingerprint density at radius 3 is 2.80 bits per heavy atom. The van der Waals surface area contributed by atoms with Crippen LogP contribution in [0.3, 0.4) is 0 Å². The van der Waals surface area contributed by atoms with E-state index in [2.05, 4.69) is 31.2 Å². The van der Waals surface area contributed by atoms with Gasteiger partial charge in [-0.25, -0.2) is 4.98 Å². The number of nitrogens with one attached hydrogen (secondary N) is 1. The summed E-state index contributed by atoms with van der Waals surface area (Å²) in [5, 5.41) is 3.04. The zero-order valence-corrected chi connectivity index (χ0v) is 10.6. The molecular weight excluding hydrogens is 260 g/mol. The SMILES string of the molecule is COc1nc(NCC(C)(C)N)ncc1Br. The Morgan fingerprint density at radius 2 is 2.27 bits per heavy atom. The fourth-order valence-electron chi connectivity index (χ4n) is 0.887. The van der Waals surface area contributed by atoms with Crippen LogP contribution in [0.2, 0.25) is 0 Å². The summed E-state index contributed by atoms with van der Waals surface area (Å²) in [5.74, 6) is 1.01. The monoisotopic (exact) mass is 274 g/mol. The van der Waals surface area contributed by atoms with E-state index in [1.807, 2.05) is 13.8 Å². The van der Waals surface area contributed by atoms with Crippen molar-refractivity contribution < 1.29 is 4.74 Å². The molecule has 0 spiro atoms. The Bertz CT molecular complexity index is 337. The van der Waals surface area contributed by atoms with Crippen molar-refractivity contribution in [3.63, 3.8) is 0 Å². The predicted octanol–water partition coefficient (Wildman–Crippen LogP) is 1.40. The highest BCUT2D eigenvalue weighted by atomic mass is 79.9. The van der Waals surface area contributed by atoms with E-state index < -0.39 is 0 Å². The number of hydrogen-bond donors (Lipinski definition) is 2. The summed E-state index contributed by atoms with van der Waals surface area (Å²) >= 11 is 3.28. The summed E-state index contributed by atoms with van der Waals surface area (Å²) in [5.41, 5.74) is 5.52. The lowest BCUT2D eigenvalue weighted by Crippen LogP contribution is -2.39. The number of nitrogens with two attached hydrogens (primary N) is 1. The first-order valence-electron chi connectivity index (χ1n) is 4.51. The van der Waals surface area contributed by atoms with E-state index in [9.17, 15) is 0 Å². The maximum atomic E-state index is 5.83. The summed E-state index contributed by atoms with van der Waals surface area (Å²) in [4.78, 5) is 8.23. The van der Waals surface area contributed by atoms with Crippen LogP contribution in [-0.4, -0.2) is 29.2 Å². The van der Waals surface area contributed by atoms with Gasteiger partial charge < -0.3 is 15.8 Å². The van der Waals surface area contributed by atoms with Crippen molar-refractivity contribution in [3.8, 4) is 5.88 Å². The highest BCUT2D eigenvalue weighted by molar-refractivity contribution is 9.10. The smallest absolute Gasteiger partial charge is 0.232 e. The lowest BCUT2D eigenvalue weighted by atomic mass is 10.1. The molecule has 1 rings (SSSR count). The lowest BCUT2D eigenvalue weighted by Gasteiger charge is -2.18. The van der Waals surface area contributed by atoms with Crippen LogP contribution in [0.4, 0.5) is 5.95 Å². The molecular formula is C9H15BrN4O. The zero-order valence-electron chi connectivity index (χ0n) is 9.04. The lowest BCUT2D eigenvalue weighted by molar-refractivity contribution is 0.394. The quantitative estimate of drug-likeness (QED) is 0.868. The number of halogens is 1. The van der Waals surface area contributed by atoms with E-state index in [4.69, 9.17) is 10.5 Å². The number of nitrogens with zero attached hydrogens (tertiary/aromatic N) is 2. The van der Waals surface area contributed by atoms with Crippen molar-refractivity contribution in [1.82, 2.24) is 9.97 Å². The molecule has 15 heavy (non-hydrogen) atoms. The molecule has 0 saturated heterocycles. The van der Waals surface area contributed by atoms with Gasteiger partial charge in [0.05, 0.1) is 17.8 Å². The second-order valence-corrected chi connectivity index (χ2v) is 4.75. The molecule has 5 nitrogen and oxygen atoms in total. The van der Waals surface area contributed by atoms with Crippen molar-refractivity contribution in [3.05, 3.63) is 10.7 Å². The number of hydrogen-bond acceptors (Lipinski definition) is 5. The average Bonchev–Trinajstić information content (AvgIpc) is 2.15. The molecule has 0 bridgehead atoms. The number of aromatic nitrogens is 2. The van der Waals surface area contributed by atoms with Gasteiger partial charge >= 0.3 is 0 Å². The van der Waals surface area contributed by atoms with Crippen LogP contribution in [0.1, 0.15) is 13.8 Å². The maximum absolute atomic E-state index is 5.83. The fourth-order valence-corrected chi connectivity index (χ4v) is 1.24. The van der Waals surface area contributed by atoms with Crippen molar-refractivity contribution in [2.45, 2.75) is 19.4 Å². The average molecular weight is 275 g/mol. The first-order chi connectivity index (χ1) is 6.92. The van der Waals surface area contributed by atoms with Crippen LogP contribution in [-0.2, 0) is 0 Å². The van der Waals surface area contributed by atoms with Crippen LogP contribution < -0.4 is 15.8 Å². The van der Waals surface area contributed by atoms with E-state index in [0.29, 0.717) is 18.4 Å². The molecule has 1 heterocycles. The summed E-state index contributed by atoms with van der Waals surface area (Å²) in [6.45, 7) is 4.45. The Labute approximate surface area is 97.6 Å². The van der Waals surface area contributed by atoms with E-state index in [0.717, 1.165) is 4.47 Å². The van der Waals surface area contributed by atoms with Crippen LogP contribution in [0.5, 0.6) is 5.88 Å². The van der Waals surface area contributed by atoms with E-state index in [-0.39, 0.29) is 5.54 Å². The molecule has 0 fully saturated rings. The second-order valence-electron chi connectivity index (χ2n) is 3.89. The Balaban J connectivity index is 2.70. The first-order valence-corrected chi connectivity index (χ1v) is 5.31. The van der Waals surface area contributed by atoms with Gasteiger partial charge in [-0.1, -0.05) is 0 Å².